The molecule has 3 rings (SSSR count). The van der Waals surface area contributed by atoms with Crippen molar-refractivity contribution in [3.63, 3.8) is 0 Å². The van der Waals surface area contributed by atoms with Crippen molar-refractivity contribution in [3.05, 3.63) is 57.8 Å². The molecule has 1 amide bonds. The Kier molecular flexibility index (Phi) is 3.99. The van der Waals surface area contributed by atoms with Crippen LogP contribution in [0.5, 0.6) is 5.75 Å². The van der Waals surface area contributed by atoms with Crippen LogP contribution in [0.3, 0.4) is 0 Å². The van der Waals surface area contributed by atoms with Gasteiger partial charge in [-0.1, -0.05) is 41.4 Å². The van der Waals surface area contributed by atoms with Gasteiger partial charge in [-0.3, -0.25) is 4.79 Å². The molecule has 0 N–H and O–H groups in total. The maximum Gasteiger partial charge on any atom is 0.255 e. The highest BCUT2D eigenvalue weighted by Crippen LogP contribution is 2.25. The molecule has 0 saturated heterocycles. The number of hydrogen-bond donors (Lipinski definition) is 0. The summed E-state index contributed by atoms with van der Waals surface area (Å²) in [6.45, 7) is 1.46. The molecule has 0 aliphatic carbocycles. The van der Waals surface area contributed by atoms with E-state index in [1.165, 1.54) is 12.3 Å². The lowest BCUT2D eigenvalue weighted by Crippen LogP contribution is -2.32. The van der Waals surface area contributed by atoms with E-state index in [2.05, 4.69) is 4.98 Å². The third-order valence-electron chi connectivity index (χ3n) is 3.28. The standard InChI is InChI=1S/C15H12Cl2N2O2/c16-12-7-11(8-18-14(12)17)15(20)19-5-6-21-13-4-2-1-3-10(13)9-19/h1-4,7-8H,5-6,9H2. The predicted molar refractivity (Wildman–Crippen MR) is 80.9 cm³/mol. The summed E-state index contributed by atoms with van der Waals surface area (Å²) in [5, 5.41) is 0.465. The van der Waals surface area contributed by atoms with Crippen LogP contribution in [-0.2, 0) is 6.54 Å². The monoisotopic (exact) mass is 322 g/mol. The van der Waals surface area contributed by atoms with Gasteiger partial charge >= 0.3 is 0 Å². The normalized spacial score (nSPS) is 14.1. The summed E-state index contributed by atoms with van der Waals surface area (Å²) in [7, 11) is 0. The fourth-order valence-electron chi connectivity index (χ4n) is 2.22. The highest BCUT2D eigenvalue weighted by molar-refractivity contribution is 6.41. The lowest BCUT2D eigenvalue weighted by atomic mass is 10.1. The van der Waals surface area contributed by atoms with Crippen LogP contribution in [0.15, 0.2) is 36.5 Å². The Bertz CT molecular complexity index is 691. The number of benzene rings is 1. The Morgan fingerprint density at radius 3 is 2.90 bits per heavy atom. The Labute approximate surface area is 132 Å². The summed E-state index contributed by atoms with van der Waals surface area (Å²) < 4.78 is 5.65. The van der Waals surface area contributed by atoms with Crippen LogP contribution in [-0.4, -0.2) is 28.9 Å². The topological polar surface area (TPSA) is 42.4 Å². The second kappa shape index (κ2) is 5.92. The zero-order valence-electron chi connectivity index (χ0n) is 11.1. The third kappa shape index (κ3) is 2.96. The van der Waals surface area contributed by atoms with Gasteiger partial charge in [-0.2, -0.15) is 0 Å². The molecule has 1 aliphatic rings. The Morgan fingerprint density at radius 1 is 1.29 bits per heavy atom. The van der Waals surface area contributed by atoms with Crippen LogP contribution in [0, 0.1) is 0 Å². The van der Waals surface area contributed by atoms with Crippen LogP contribution >= 0.6 is 23.2 Å². The quantitative estimate of drug-likeness (QED) is 0.755. The number of pyridine rings is 1. The molecule has 2 heterocycles. The van der Waals surface area contributed by atoms with Crippen molar-refractivity contribution in [3.8, 4) is 5.75 Å². The number of nitrogens with zero attached hydrogens (tertiary/aromatic N) is 2. The fraction of sp³-hybridized carbons (Fsp3) is 0.200. The number of para-hydroxylation sites is 1. The molecule has 0 atom stereocenters. The van der Waals surface area contributed by atoms with E-state index < -0.39 is 0 Å². The van der Waals surface area contributed by atoms with Gasteiger partial charge in [-0.25, -0.2) is 4.98 Å². The number of carbonyl (C=O) groups excluding carboxylic acids is 1. The van der Waals surface area contributed by atoms with Crippen LogP contribution in [0.2, 0.25) is 10.2 Å². The molecular formula is C15H12Cl2N2O2. The number of ether oxygens (including phenoxy) is 1. The van der Waals surface area contributed by atoms with E-state index in [-0.39, 0.29) is 16.1 Å². The summed E-state index contributed by atoms with van der Waals surface area (Å²) in [6.07, 6.45) is 1.44. The van der Waals surface area contributed by atoms with E-state index >= 15 is 0 Å². The SMILES string of the molecule is O=C(c1cnc(Cl)c(Cl)c1)N1CCOc2ccccc2C1. The first-order valence-electron chi connectivity index (χ1n) is 6.46. The van der Waals surface area contributed by atoms with Crippen molar-refractivity contribution in [2.75, 3.05) is 13.2 Å². The Hall–Kier alpha value is -1.78. The van der Waals surface area contributed by atoms with E-state index in [9.17, 15) is 4.79 Å². The number of amides is 1. The summed E-state index contributed by atoms with van der Waals surface area (Å²) in [5.41, 5.74) is 1.40. The van der Waals surface area contributed by atoms with E-state index in [0.29, 0.717) is 25.3 Å². The molecule has 0 radical (unpaired) electrons. The minimum Gasteiger partial charge on any atom is -0.491 e. The molecule has 21 heavy (non-hydrogen) atoms. The molecule has 0 saturated carbocycles. The molecule has 2 aromatic rings. The molecule has 0 spiro atoms. The van der Waals surface area contributed by atoms with Gasteiger partial charge < -0.3 is 9.64 Å². The first-order chi connectivity index (χ1) is 10.1. The molecule has 0 bridgehead atoms. The second-order valence-corrected chi connectivity index (χ2v) is 5.44. The van der Waals surface area contributed by atoms with Crippen molar-refractivity contribution in [1.29, 1.82) is 0 Å². The van der Waals surface area contributed by atoms with Gasteiger partial charge in [0.15, 0.2) is 0 Å². The van der Waals surface area contributed by atoms with E-state index in [1.807, 2.05) is 24.3 Å². The number of rotatable bonds is 1. The zero-order chi connectivity index (χ0) is 14.8. The van der Waals surface area contributed by atoms with Crippen LogP contribution < -0.4 is 4.74 Å². The average molecular weight is 323 g/mol. The van der Waals surface area contributed by atoms with Gasteiger partial charge in [-0.05, 0) is 12.1 Å². The van der Waals surface area contributed by atoms with E-state index in [1.54, 1.807) is 4.90 Å². The molecule has 1 aromatic heterocycles. The maximum absolute atomic E-state index is 12.6. The number of fused-ring (bicyclic) bond motifs is 1. The Balaban J connectivity index is 1.86. The molecule has 6 heteroatoms. The summed E-state index contributed by atoms with van der Waals surface area (Å²) >= 11 is 11.7. The van der Waals surface area contributed by atoms with Gasteiger partial charge in [-0.15, -0.1) is 0 Å². The summed E-state index contributed by atoms with van der Waals surface area (Å²) in [4.78, 5) is 18.2. The second-order valence-electron chi connectivity index (χ2n) is 4.68. The van der Waals surface area contributed by atoms with E-state index in [4.69, 9.17) is 27.9 Å². The van der Waals surface area contributed by atoms with Crippen LogP contribution in [0.25, 0.3) is 0 Å². The summed E-state index contributed by atoms with van der Waals surface area (Å²) in [6, 6.07) is 9.24. The molecule has 1 aromatic carbocycles. The molecule has 1 aliphatic heterocycles. The smallest absolute Gasteiger partial charge is 0.255 e. The minimum absolute atomic E-state index is 0.138. The molecule has 0 fully saturated rings. The fourth-order valence-corrected chi connectivity index (χ4v) is 2.49. The van der Waals surface area contributed by atoms with Gasteiger partial charge in [0.25, 0.3) is 5.91 Å². The van der Waals surface area contributed by atoms with Crippen LogP contribution in [0.1, 0.15) is 15.9 Å². The number of halogens is 2. The van der Waals surface area contributed by atoms with Crippen molar-refractivity contribution >= 4 is 29.1 Å². The third-order valence-corrected chi connectivity index (χ3v) is 3.97. The van der Waals surface area contributed by atoms with Crippen LogP contribution in [0.4, 0.5) is 0 Å². The van der Waals surface area contributed by atoms with Gasteiger partial charge in [0, 0.05) is 18.3 Å². The lowest BCUT2D eigenvalue weighted by Gasteiger charge is -2.19. The summed E-state index contributed by atoms with van der Waals surface area (Å²) in [5.74, 6) is 0.682. The van der Waals surface area contributed by atoms with Gasteiger partial charge in [0.1, 0.15) is 17.5 Å². The maximum atomic E-state index is 12.6. The largest absolute Gasteiger partial charge is 0.491 e. The van der Waals surface area contributed by atoms with Gasteiger partial charge in [0.2, 0.25) is 0 Å². The highest BCUT2D eigenvalue weighted by atomic mass is 35.5. The Morgan fingerprint density at radius 2 is 2.10 bits per heavy atom. The van der Waals surface area contributed by atoms with E-state index in [0.717, 1.165) is 11.3 Å². The molecular weight excluding hydrogens is 311 g/mol. The average Bonchev–Trinajstić information content (AvgIpc) is 2.71. The highest BCUT2D eigenvalue weighted by Gasteiger charge is 2.21. The molecule has 4 nitrogen and oxygen atoms in total. The number of carbonyl (C=O) groups is 1. The van der Waals surface area contributed by atoms with Crippen molar-refractivity contribution in [2.24, 2.45) is 0 Å². The first kappa shape index (κ1) is 14.2. The minimum atomic E-state index is -0.138. The number of aromatic nitrogens is 1. The first-order valence-corrected chi connectivity index (χ1v) is 7.22. The van der Waals surface area contributed by atoms with Crippen molar-refractivity contribution in [1.82, 2.24) is 9.88 Å². The molecule has 108 valence electrons. The molecule has 0 unspecified atom stereocenters. The van der Waals surface area contributed by atoms with Crippen molar-refractivity contribution < 1.29 is 9.53 Å². The lowest BCUT2D eigenvalue weighted by molar-refractivity contribution is 0.0733. The predicted octanol–water partition coefficient (Wildman–Crippen LogP) is 3.42. The number of hydrogen-bond acceptors (Lipinski definition) is 3. The zero-order valence-corrected chi connectivity index (χ0v) is 12.6. The van der Waals surface area contributed by atoms with Gasteiger partial charge in [0.05, 0.1) is 17.1 Å². The van der Waals surface area contributed by atoms with Crippen molar-refractivity contribution in [2.45, 2.75) is 6.54 Å².